The fourth-order valence-electron chi connectivity index (χ4n) is 3.53. The topological polar surface area (TPSA) is 89.9 Å². The van der Waals surface area contributed by atoms with Crippen LogP contribution in [0.4, 0.5) is 13.2 Å². The van der Waals surface area contributed by atoms with Crippen molar-refractivity contribution in [3.05, 3.63) is 54.3 Å². The lowest BCUT2D eigenvalue weighted by atomic mass is 9.96. The molecule has 0 amide bonds. The molecule has 0 saturated carbocycles. The smallest absolute Gasteiger partial charge is 0.390 e. The molecule has 1 unspecified atom stereocenters. The quantitative estimate of drug-likeness (QED) is 0.493. The van der Waals surface area contributed by atoms with Gasteiger partial charge in [-0.05, 0) is 32.8 Å². The fraction of sp³-hybridized carbons (Fsp3) is 0.364. The maximum absolute atomic E-state index is 14.1. The summed E-state index contributed by atoms with van der Waals surface area (Å²) in [6.45, 7) is 2.90. The second kappa shape index (κ2) is 8.75. The zero-order valence-electron chi connectivity index (χ0n) is 17.8. The molecule has 0 spiro atoms. The molecule has 0 aliphatic heterocycles. The van der Waals surface area contributed by atoms with Crippen LogP contribution in [-0.2, 0) is 12.7 Å². The molecule has 33 heavy (non-hydrogen) atoms. The number of halogens is 4. The first-order valence-electron chi connectivity index (χ1n) is 10.2. The summed E-state index contributed by atoms with van der Waals surface area (Å²) in [6, 6.07) is 1.60. The van der Waals surface area contributed by atoms with E-state index in [4.69, 9.17) is 16.1 Å². The molecule has 174 valence electrons. The lowest BCUT2D eigenvalue weighted by Crippen LogP contribution is -2.24. The average molecular weight is 480 g/mol. The van der Waals surface area contributed by atoms with Crippen LogP contribution in [0.15, 0.2) is 47.4 Å². The highest BCUT2D eigenvalue weighted by Crippen LogP contribution is 2.44. The van der Waals surface area contributed by atoms with Gasteiger partial charge in [0.2, 0.25) is 0 Å². The van der Waals surface area contributed by atoms with E-state index in [2.05, 4.69) is 20.2 Å². The van der Waals surface area contributed by atoms with Crippen LogP contribution < -0.4 is 0 Å². The fourth-order valence-corrected chi connectivity index (χ4v) is 3.81. The molecule has 1 aliphatic rings. The van der Waals surface area contributed by atoms with Gasteiger partial charge in [0.15, 0.2) is 17.3 Å². The summed E-state index contributed by atoms with van der Waals surface area (Å²) in [6.07, 6.45) is 5.33. The number of nitrogens with zero attached hydrogens (tertiary/aromatic N) is 5. The van der Waals surface area contributed by atoms with Crippen LogP contribution in [0.25, 0.3) is 28.3 Å². The number of aliphatic hydroxyl groups is 1. The molecule has 0 radical (unpaired) electrons. The third-order valence-electron chi connectivity index (χ3n) is 5.14. The average Bonchev–Trinajstić information content (AvgIpc) is 3.37. The maximum atomic E-state index is 14.1. The minimum Gasteiger partial charge on any atom is -0.390 e. The highest BCUT2D eigenvalue weighted by Gasteiger charge is 2.41. The normalized spacial score (nSPS) is 16.8. The molecular weight excluding hydrogens is 459 g/mol. The number of allylic oxidation sites excluding steroid dienone is 4. The first-order chi connectivity index (χ1) is 15.6. The Morgan fingerprint density at radius 2 is 1.97 bits per heavy atom. The molecule has 1 atom stereocenters. The van der Waals surface area contributed by atoms with Crippen LogP contribution in [0, 0.1) is 0 Å². The van der Waals surface area contributed by atoms with Crippen molar-refractivity contribution in [2.24, 2.45) is 0 Å². The van der Waals surface area contributed by atoms with Gasteiger partial charge < -0.3 is 9.63 Å². The molecule has 0 bridgehead atoms. The molecule has 11 heteroatoms. The summed E-state index contributed by atoms with van der Waals surface area (Å²) in [5.41, 5.74) is -1.38. The Morgan fingerprint density at radius 1 is 1.24 bits per heavy atom. The van der Waals surface area contributed by atoms with Crippen LogP contribution >= 0.6 is 11.6 Å². The van der Waals surface area contributed by atoms with Crippen molar-refractivity contribution in [2.75, 3.05) is 0 Å². The van der Waals surface area contributed by atoms with E-state index in [0.29, 0.717) is 12.0 Å². The van der Waals surface area contributed by atoms with Crippen LogP contribution in [0.5, 0.6) is 0 Å². The SMILES string of the molecule is CC(C)(O)CCn1ncc(-c2onc(C3=CC=CCC3Cl)c2-c2ncccn2)c1C(F)(F)F. The van der Waals surface area contributed by atoms with Gasteiger partial charge in [-0.1, -0.05) is 23.4 Å². The Balaban J connectivity index is 1.91. The number of rotatable bonds is 6. The van der Waals surface area contributed by atoms with Gasteiger partial charge in [-0.3, -0.25) is 4.68 Å². The molecule has 0 fully saturated rings. The van der Waals surface area contributed by atoms with E-state index in [1.807, 2.05) is 6.08 Å². The lowest BCUT2D eigenvalue weighted by molar-refractivity contribution is -0.144. The Morgan fingerprint density at radius 3 is 2.61 bits per heavy atom. The third-order valence-corrected chi connectivity index (χ3v) is 5.55. The zero-order valence-corrected chi connectivity index (χ0v) is 18.6. The van der Waals surface area contributed by atoms with Crippen molar-refractivity contribution in [3.63, 3.8) is 0 Å². The summed E-state index contributed by atoms with van der Waals surface area (Å²) in [5, 5.41) is 17.5. The van der Waals surface area contributed by atoms with Crippen molar-refractivity contribution in [1.29, 1.82) is 0 Å². The summed E-state index contributed by atoms with van der Waals surface area (Å²) in [5.74, 6) is -0.00205. The van der Waals surface area contributed by atoms with E-state index in [1.165, 1.54) is 26.2 Å². The monoisotopic (exact) mass is 479 g/mol. The molecule has 0 aromatic carbocycles. The molecule has 1 N–H and O–H groups in total. The molecule has 4 rings (SSSR count). The van der Waals surface area contributed by atoms with E-state index in [9.17, 15) is 18.3 Å². The Hall–Kier alpha value is -2.98. The van der Waals surface area contributed by atoms with E-state index < -0.39 is 22.8 Å². The molecule has 3 aromatic rings. The van der Waals surface area contributed by atoms with Gasteiger partial charge >= 0.3 is 6.18 Å². The van der Waals surface area contributed by atoms with Gasteiger partial charge in [-0.2, -0.15) is 18.3 Å². The van der Waals surface area contributed by atoms with Gasteiger partial charge in [-0.25, -0.2) is 9.97 Å². The van der Waals surface area contributed by atoms with Crippen molar-refractivity contribution in [3.8, 4) is 22.7 Å². The van der Waals surface area contributed by atoms with Gasteiger partial charge in [0.05, 0.1) is 28.3 Å². The largest absolute Gasteiger partial charge is 0.433 e. The van der Waals surface area contributed by atoms with E-state index >= 15 is 0 Å². The van der Waals surface area contributed by atoms with E-state index in [-0.39, 0.29) is 41.4 Å². The molecule has 3 heterocycles. The summed E-state index contributed by atoms with van der Waals surface area (Å²) in [4.78, 5) is 8.43. The summed E-state index contributed by atoms with van der Waals surface area (Å²) < 4.78 is 48.7. The molecule has 1 aliphatic carbocycles. The zero-order chi connectivity index (χ0) is 23.8. The Kier molecular flexibility index (Phi) is 6.15. The summed E-state index contributed by atoms with van der Waals surface area (Å²) >= 11 is 6.46. The van der Waals surface area contributed by atoms with Gasteiger partial charge in [0.25, 0.3) is 0 Å². The van der Waals surface area contributed by atoms with Gasteiger partial charge in [0.1, 0.15) is 5.69 Å². The number of aromatic nitrogens is 5. The summed E-state index contributed by atoms with van der Waals surface area (Å²) in [7, 11) is 0. The molecule has 7 nitrogen and oxygen atoms in total. The number of aryl methyl sites for hydroxylation is 1. The van der Waals surface area contributed by atoms with E-state index in [0.717, 1.165) is 10.9 Å². The highest BCUT2D eigenvalue weighted by molar-refractivity contribution is 6.27. The Bertz CT molecular complexity index is 1190. The maximum Gasteiger partial charge on any atom is 0.433 e. The molecule has 0 saturated heterocycles. The van der Waals surface area contributed by atoms with Crippen molar-refractivity contribution in [1.82, 2.24) is 24.9 Å². The van der Waals surface area contributed by atoms with Crippen molar-refractivity contribution < 1.29 is 22.8 Å². The van der Waals surface area contributed by atoms with Crippen molar-refractivity contribution >= 4 is 17.2 Å². The first kappa shape index (κ1) is 23.2. The minimum absolute atomic E-state index is 0.0701. The highest BCUT2D eigenvalue weighted by atomic mass is 35.5. The molecular formula is C22H21ClF3N5O2. The van der Waals surface area contributed by atoms with Crippen LogP contribution in [-0.4, -0.2) is 41.0 Å². The number of hydrogen-bond acceptors (Lipinski definition) is 6. The van der Waals surface area contributed by atoms with E-state index in [1.54, 1.807) is 18.2 Å². The third kappa shape index (κ3) is 4.86. The van der Waals surface area contributed by atoms with Gasteiger partial charge in [-0.15, -0.1) is 11.6 Å². The second-order valence-electron chi connectivity index (χ2n) is 8.25. The standard InChI is InChI=1S/C22H21ClF3N5O2/c1-21(2,32)8-11-31-19(22(24,25)26)14(12-29-31)18-16(20-27-9-5-10-28-20)17(30-33-18)13-6-3-4-7-15(13)23/h3-6,9-10,12,15,32H,7-8,11H2,1-2H3. The lowest BCUT2D eigenvalue weighted by Gasteiger charge is -2.18. The first-order valence-corrected chi connectivity index (χ1v) is 10.6. The molecule has 3 aromatic heterocycles. The second-order valence-corrected chi connectivity index (χ2v) is 8.78. The van der Waals surface area contributed by atoms with Crippen LogP contribution in [0.1, 0.15) is 38.1 Å². The van der Waals surface area contributed by atoms with Crippen molar-refractivity contribution in [2.45, 2.75) is 50.4 Å². The Labute approximate surface area is 192 Å². The predicted octanol–water partition coefficient (Wildman–Crippen LogP) is 5.13. The number of alkyl halides is 4. The minimum atomic E-state index is -4.74. The van der Waals surface area contributed by atoms with Gasteiger partial charge in [0, 0.05) is 24.5 Å². The number of hydrogen-bond donors (Lipinski definition) is 1. The predicted molar refractivity (Wildman–Crippen MR) is 116 cm³/mol. The van der Waals surface area contributed by atoms with Crippen LogP contribution in [0.3, 0.4) is 0 Å². The van der Waals surface area contributed by atoms with Crippen LogP contribution in [0.2, 0.25) is 0 Å².